The predicted octanol–water partition coefficient (Wildman–Crippen LogP) is 1.31. The van der Waals surface area contributed by atoms with Gasteiger partial charge in [0.1, 0.15) is 0 Å². The summed E-state index contributed by atoms with van der Waals surface area (Å²) in [6.07, 6.45) is 0. The van der Waals surface area contributed by atoms with Crippen LogP contribution in [0.5, 0.6) is 0 Å². The first-order valence-electron chi connectivity index (χ1n) is 5.87. The normalized spacial score (nSPS) is 13.6. The second-order valence-corrected chi connectivity index (χ2v) is 6.50. The summed E-state index contributed by atoms with van der Waals surface area (Å²) < 4.78 is 29.5. The van der Waals surface area contributed by atoms with Gasteiger partial charge in [0.25, 0.3) is 0 Å². The molecule has 1 atom stereocenters. The molecule has 0 bridgehead atoms. The van der Waals surface area contributed by atoms with Crippen molar-refractivity contribution in [3.63, 3.8) is 0 Å². The van der Waals surface area contributed by atoms with E-state index in [4.69, 9.17) is 4.74 Å². The summed E-state index contributed by atoms with van der Waals surface area (Å²) in [7, 11) is 0.0226. The Labute approximate surface area is 109 Å². The summed E-state index contributed by atoms with van der Waals surface area (Å²) in [5.74, 6) is 0.0415. The molecule has 0 amide bonds. The largest absolute Gasteiger partial charge is 0.383 e. The maximum absolute atomic E-state index is 12.2. The van der Waals surface area contributed by atoms with Crippen molar-refractivity contribution in [1.29, 1.82) is 0 Å². The van der Waals surface area contributed by atoms with Crippen molar-refractivity contribution in [1.82, 2.24) is 5.32 Å². The topological polar surface area (TPSA) is 55.4 Å². The molecule has 0 spiro atoms. The highest BCUT2D eigenvalue weighted by Gasteiger charge is 2.20. The van der Waals surface area contributed by atoms with Crippen LogP contribution in [0.1, 0.15) is 11.1 Å². The van der Waals surface area contributed by atoms with Crippen LogP contribution in [0.3, 0.4) is 0 Å². The van der Waals surface area contributed by atoms with Gasteiger partial charge in [-0.1, -0.05) is 6.07 Å². The van der Waals surface area contributed by atoms with Gasteiger partial charge in [0.2, 0.25) is 0 Å². The number of methoxy groups -OCH3 is 1. The molecule has 5 heteroatoms. The van der Waals surface area contributed by atoms with Crippen LogP contribution in [-0.2, 0) is 14.6 Å². The van der Waals surface area contributed by atoms with Crippen LogP contribution in [-0.4, -0.2) is 41.0 Å². The highest BCUT2D eigenvalue weighted by atomic mass is 32.2. The summed E-state index contributed by atoms with van der Waals surface area (Å²) in [5, 5.41) is 2.95. The molecule has 0 heterocycles. The summed E-state index contributed by atoms with van der Waals surface area (Å²) in [6.45, 7) is 4.26. The Balaban J connectivity index is 2.95. The number of ether oxygens (including phenoxy) is 1. The van der Waals surface area contributed by atoms with E-state index >= 15 is 0 Å². The van der Waals surface area contributed by atoms with Crippen LogP contribution in [0.25, 0.3) is 0 Å². The Kier molecular flexibility index (Phi) is 5.31. The molecule has 0 aliphatic rings. The molecule has 1 unspecified atom stereocenters. The Hall–Kier alpha value is -0.910. The number of benzene rings is 1. The van der Waals surface area contributed by atoms with Crippen LogP contribution >= 0.6 is 0 Å². The van der Waals surface area contributed by atoms with Gasteiger partial charge in [0, 0.05) is 13.2 Å². The maximum atomic E-state index is 12.2. The SMILES string of the molecule is CNC(COC)CS(=O)(=O)c1ccc(C)c(C)c1. The van der Waals surface area contributed by atoms with E-state index in [1.807, 2.05) is 19.9 Å². The molecule has 102 valence electrons. The third-order valence-electron chi connectivity index (χ3n) is 3.03. The van der Waals surface area contributed by atoms with Crippen molar-refractivity contribution >= 4 is 9.84 Å². The van der Waals surface area contributed by atoms with Crippen LogP contribution in [0, 0.1) is 13.8 Å². The number of likely N-dealkylation sites (N-methyl/N-ethyl adjacent to an activating group) is 1. The van der Waals surface area contributed by atoms with E-state index in [1.165, 1.54) is 0 Å². The lowest BCUT2D eigenvalue weighted by molar-refractivity contribution is 0.176. The van der Waals surface area contributed by atoms with E-state index in [2.05, 4.69) is 5.32 Å². The van der Waals surface area contributed by atoms with E-state index in [9.17, 15) is 8.42 Å². The number of nitrogens with one attached hydrogen (secondary N) is 1. The Morgan fingerprint density at radius 1 is 1.28 bits per heavy atom. The lowest BCUT2D eigenvalue weighted by Gasteiger charge is -2.15. The van der Waals surface area contributed by atoms with Gasteiger partial charge in [0.05, 0.1) is 17.3 Å². The van der Waals surface area contributed by atoms with Gasteiger partial charge in [-0.15, -0.1) is 0 Å². The standard InChI is InChI=1S/C13H21NO3S/c1-10-5-6-13(7-11(10)2)18(15,16)9-12(14-3)8-17-4/h5-7,12,14H,8-9H2,1-4H3. The van der Waals surface area contributed by atoms with Crippen LogP contribution in [0.15, 0.2) is 23.1 Å². The van der Waals surface area contributed by atoms with Gasteiger partial charge in [-0.25, -0.2) is 8.42 Å². The van der Waals surface area contributed by atoms with Crippen molar-refractivity contribution in [3.05, 3.63) is 29.3 Å². The van der Waals surface area contributed by atoms with E-state index < -0.39 is 9.84 Å². The Morgan fingerprint density at radius 3 is 2.44 bits per heavy atom. The average Bonchev–Trinajstić information content (AvgIpc) is 2.31. The average molecular weight is 271 g/mol. The zero-order valence-electron chi connectivity index (χ0n) is 11.4. The molecule has 0 aliphatic heterocycles. The molecule has 0 fully saturated rings. The molecule has 18 heavy (non-hydrogen) atoms. The molecule has 1 aromatic carbocycles. The number of hydrogen-bond donors (Lipinski definition) is 1. The second kappa shape index (κ2) is 6.31. The number of rotatable bonds is 6. The Bertz CT molecular complexity index is 497. The molecule has 1 rings (SSSR count). The third-order valence-corrected chi connectivity index (χ3v) is 4.85. The highest BCUT2D eigenvalue weighted by molar-refractivity contribution is 7.91. The summed E-state index contributed by atoms with van der Waals surface area (Å²) in [5.41, 5.74) is 2.08. The minimum Gasteiger partial charge on any atom is -0.383 e. The molecule has 0 radical (unpaired) electrons. The minimum absolute atomic E-state index is 0.0415. The first kappa shape index (κ1) is 15.1. The summed E-state index contributed by atoms with van der Waals surface area (Å²) in [6, 6.07) is 5.04. The summed E-state index contributed by atoms with van der Waals surface area (Å²) >= 11 is 0. The number of aryl methyl sites for hydroxylation is 2. The van der Waals surface area contributed by atoms with E-state index in [0.29, 0.717) is 11.5 Å². The van der Waals surface area contributed by atoms with Gasteiger partial charge in [-0.2, -0.15) is 0 Å². The van der Waals surface area contributed by atoms with Gasteiger partial charge in [-0.05, 0) is 44.2 Å². The zero-order valence-corrected chi connectivity index (χ0v) is 12.2. The van der Waals surface area contributed by atoms with Crippen molar-refractivity contribution in [2.24, 2.45) is 0 Å². The maximum Gasteiger partial charge on any atom is 0.180 e. The summed E-state index contributed by atoms with van der Waals surface area (Å²) in [4.78, 5) is 0.377. The first-order chi connectivity index (χ1) is 8.40. The van der Waals surface area contributed by atoms with Gasteiger partial charge >= 0.3 is 0 Å². The highest BCUT2D eigenvalue weighted by Crippen LogP contribution is 2.16. The smallest absolute Gasteiger partial charge is 0.180 e. The van der Waals surface area contributed by atoms with Crippen molar-refractivity contribution in [3.8, 4) is 0 Å². The fraction of sp³-hybridized carbons (Fsp3) is 0.538. The van der Waals surface area contributed by atoms with Crippen LogP contribution in [0.4, 0.5) is 0 Å². The fourth-order valence-corrected chi connectivity index (χ4v) is 3.30. The van der Waals surface area contributed by atoms with Crippen molar-refractivity contribution < 1.29 is 13.2 Å². The zero-order chi connectivity index (χ0) is 13.8. The first-order valence-corrected chi connectivity index (χ1v) is 7.52. The van der Waals surface area contributed by atoms with Crippen molar-refractivity contribution in [2.75, 3.05) is 26.5 Å². The Morgan fingerprint density at radius 2 is 1.94 bits per heavy atom. The molecule has 0 aliphatic carbocycles. The molecule has 4 nitrogen and oxygen atoms in total. The van der Waals surface area contributed by atoms with Gasteiger partial charge in [0.15, 0.2) is 9.84 Å². The van der Waals surface area contributed by atoms with Crippen molar-refractivity contribution in [2.45, 2.75) is 24.8 Å². The predicted molar refractivity (Wildman–Crippen MR) is 72.7 cm³/mol. The van der Waals surface area contributed by atoms with E-state index in [1.54, 1.807) is 26.3 Å². The molecule has 0 aromatic heterocycles. The third kappa shape index (κ3) is 3.80. The molecule has 0 saturated heterocycles. The lowest BCUT2D eigenvalue weighted by Crippen LogP contribution is -2.36. The fourth-order valence-electron chi connectivity index (χ4n) is 1.68. The van der Waals surface area contributed by atoms with Crippen LogP contribution in [0.2, 0.25) is 0 Å². The van der Waals surface area contributed by atoms with Gasteiger partial charge in [-0.3, -0.25) is 0 Å². The molecular formula is C13H21NO3S. The van der Waals surface area contributed by atoms with Gasteiger partial charge < -0.3 is 10.1 Å². The quantitative estimate of drug-likeness (QED) is 0.847. The number of hydrogen-bond acceptors (Lipinski definition) is 4. The molecular weight excluding hydrogens is 250 g/mol. The second-order valence-electron chi connectivity index (χ2n) is 4.47. The lowest BCUT2D eigenvalue weighted by atomic mass is 10.1. The van der Waals surface area contributed by atoms with Crippen LogP contribution < -0.4 is 5.32 Å². The molecule has 1 aromatic rings. The van der Waals surface area contributed by atoms with E-state index in [-0.39, 0.29) is 11.8 Å². The van der Waals surface area contributed by atoms with E-state index in [0.717, 1.165) is 11.1 Å². The molecule has 1 N–H and O–H groups in total. The monoisotopic (exact) mass is 271 g/mol. The number of sulfone groups is 1. The minimum atomic E-state index is -3.28. The molecule has 0 saturated carbocycles.